The fourth-order valence-electron chi connectivity index (χ4n) is 4.34. The molecule has 1 amide bonds. The summed E-state index contributed by atoms with van der Waals surface area (Å²) in [6.07, 6.45) is 3.80. The van der Waals surface area contributed by atoms with Gasteiger partial charge in [0.05, 0.1) is 10.9 Å². The monoisotopic (exact) mass is 531 g/mol. The smallest absolute Gasteiger partial charge is 0.326 e. The summed E-state index contributed by atoms with van der Waals surface area (Å²) in [4.78, 5) is 45.1. The number of ether oxygens (including phenoxy) is 1. The normalized spacial score (nSPS) is 12.1. The summed E-state index contributed by atoms with van der Waals surface area (Å²) >= 11 is 1.37. The Morgan fingerprint density at radius 3 is 2.76 bits per heavy atom. The summed E-state index contributed by atoms with van der Waals surface area (Å²) in [6.45, 7) is 3.38. The zero-order valence-electron chi connectivity index (χ0n) is 20.7. The molecule has 0 radical (unpaired) electrons. The van der Waals surface area contributed by atoms with Gasteiger partial charge in [-0.3, -0.25) is 9.59 Å². The maximum Gasteiger partial charge on any atom is 0.326 e. The molecule has 5 rings (SSSR count). The number of rotatable bonds is 9. The van der Waals surface area contributed by atoms with Crippen molar-refractivity contribution in [3.8, 4) is 16.3 Å². The van der Waals surface area contributed by atoms with Crippen molar-refractivity contribution in [3.63, 3.8) is 0 Å². The molecule has 194 valence electrons. The molecular formula is C28H25N3O6S. The van der Waals surface area contributed by atoms with Crippen molar-refractivity contribution in [2.75, 3.05) is 6.61 Å². The van der Waals surface area contributed by atoms with Crippen LogP contribution in [0.25, 0.3) is 32.4 Å². The number of aryl methyl sites for hydroxylation is 2. The highest BCUT2D eigenvalue weighted by molar-refractivity contribution is 7.13. The topological polar surface area (TPSA) is 135 Å². The van der Waals surface area contributed by atoms with Gasteiger partial charge in [0.15, 0.2) is 6.61 Å². The van der Waals surface area contributed by atoms with E-state index in [9.17, 15) is 19.5 Å². The van der Waals surface area contributed by atoms with Gasteiger partial charge >= 0.3 is 5.97 Å². The van der Waals surface area contributed by atoms with Gasteiger partial charge in [-0.1, -0.05) is 25.1 Å². The molecule has 5 aromatic rings. The number of carbonyl (C=O) groups excluding carboxylic acids is 1. The van der Waals surface area contributed by atoms with E-state index in [1.807, 2.05) is 43.5 Å². The Balaban J connectivity index is 1.32. The van der Waals surface area contributed by atoms with Gasteiger partial charge in [0.25, 0.3) is 5.91 Å². The number of amides is 1. The average molecular weight is 532 g/mol. The predicted octanol–water partition coefficient (Wildman–Crippen LogP) is 4.46. The molecule has 0 fully saturated rings. The summed E-state index contributed by atoms with van der Waals surface area (Å²) in [7, 11) is 0. The van der Waals surface area contributed by atoms with Crippen molar-refractivity contribution in [1.82, 2.24) is 15.3 Å². The third-order valence-corrected chi connectivity index (χ3v) is 7.27. The largest absolute Gasteiger partial charge is 0.483 e. The van der Waals surface area contributed by atoms with E-state index >= 15 is 0 Å². The van der Waals surface area contributed by atoms with E-state index in [1.165, 1.54) is 17.6 Å². The molecule has 0 unspecified atom stereocenters. The summed E-state index contributed by atoms with van der Waals surface area (Å²) in [6, 6.07) is 9.72. The number of aromatic amines is 1. The molecule has 0 spiro atoms. The molecule has 0 aliphatic rings. The van der Waals surface area contributed by atoms with Crippen LogP contribution in [-0.2, 0) is 22.4 Å². The van der Waals surface area contributed by atoms with Crippen LogP contribution in [0.2, 0.25) is 0 Å². The number of nitrogens with zero attached hydrogens (tertiary/aromatic N) is 1. The van der Waals surface area contributed by atoms with E-state index in [1.54, 1.807) is 18.3 Å². The Kier molecular flexibility index (Phi) is 6.97. The minimum Gasteiger partial charge on any atom is -0.483 e. The maximum atomic E-state index is 13.1. The van der Waals surface area contributed by atoms with Gasteiger partial charge in [-0.2, -0.15) is 0 Å². The van der Waals surface area contributed by atoms with E-state index in [0.717, 1.165) is 27.7 Å². The Morgan fingerprint density at radius 1 is 1.21 bits per heavy atom. The van der Waals surface area contributed by atoms with Crippen LogP contribution in [0.1, 0.15) is 23.7 Å². The highest BCUT2D eigenvalue weighted by Crippen LogP contribution is 2.28. The standard InChI is InChI=1S/C28H25N3O6S/c1-3-16-8-19-24(36-12-20(26(19)33)27-30-15(2)14-38-27)10-23(16)37-13-25(32)31-22(28(34)35)9-17-11-29-21-7-5-4-6-18(17)21/h4-8,10-12,14,22,29H,3,9,13H2,1-2H3,(H,31,32)(H,34,35)/t22-/m0/s1. The van der Waals surface area contributed by atoms with Crippen LogP contribution in [0.5, 0.6) is 5.75 Å². The molecule has 3 heterocycles. The molecule has 1 atom stereocenters. The SMILES string of the molecule is CCc1cc2c(=O)c(-c3nc(C)cs3)coc2cc1OCC(=O)N[C@@H](Cc1c[nH]c2ccccc12)C(=O)O. The van der Waals surface area contributed by atoms with Crippen molar-refractivity contribution in [2.45, 2.75) is 32.7 Å². The van der Waals surface area contributed by atoms with Crippen molar-refractivity contribution in [3.05, 3.63) is 81.3 Å². The van der Waals surface area contributed by atoms with Gasteiger partial charge in [0.2, 0.25) is 5.43 Å². The molecule has 38 heavy (non-hydrogen) atoms. The number of nitrogens with one attached hydrogen (secondary N) is 2. The minimum atomic E-state index is -1.14. The van der Waals surface area contributed by atoms with E-state index in [2.05, 4.69) is 15.3 Å². The minimum absolute atomic E-state index is 0.118. The number of aliphatic carboxylic acids is 1. The predicted molar refractivity (Wildman–Crippen MR) is 145 cm³/mol. The second kappa shape index (κ2) is 10.5. The number of para-hydroxylation sites is 1. The number of hydrogen-bond acceptors (Lipinski definition) is 7. The summed E-state index contributed by atoms with van der Waals surface area (Å²) < 4.78 is 11.5. The Bertz CT molecular complexity index is 1720. The quantitative estimate of drug-likeness (QED) is 0.256. The number of hydrogen-bond donors (Lipinski definition) is 3. The van der Waals surface area contributed by atoms with Crippen LogP contribution in [0, 0.1) is 6.92 Å². The number of carbonyl (C=O) groups is 2. The molecule has 9 nitrogen and oxygen atoms in total. The van der Waals surface area contributed by atoms with Crippen LogP contribution >= 0.6 is 11.3 Å². The molecule has 0 aliphatic carbocycles. The van der Waals surface area contributed by atoms with Gasteiger partial charge < -0.3 is 24.6 Å². The second-order valence-corrected chi connectivity index (χ2v) is 9.75. The van der Waals surface area contributed by atoms with E-state index < -0.39 is 24.5 Å². The van der Waals surface area contributed by atoms with Crippen molar-refractivity contribution in [1.29, 1.82) is 0 Å². The van der Waals surface area contributed by atoms with E-state index in [4.69, 9.17) is 9.15 Å². The molecule has 10 heteroatoms. The molecule has 0 aliphatic heterocycles. The second-order valence-electron chi connectivity index (χ2n) is 8.89. The van der Waals surface area contributed by atoms with E-state index in [0.29, 0.717) is 33.7 Å². The zero-order valence-corrected chi connectivity index (χ0v) is 21.6. The zero-order chi connectivity index (χ0) is 26.8. The van der Waals surface area contributed by atoms with Gasteiger partial charge in [-0.25, -0.2) is 9.78 Å². The summed E-state index contributed by atoms with van der Waals surface area (Å²) in [5.41, 5.74) is 3.75. The van der Waals surface area contributed by atoms with Gasteiger partial charge in [-0.15, -0.1) is 11.3 Å². The maximum absolute atomic E-state index is 13.1. The molecule has 0 saturated heterocycles. The summed E-state index contributed by atoms with van der Waals surface area (Å²) in [5.74, 6) is -1.33. The number of carboxylic acid groups (broad SMARTS) is 1. The number of fused-ring (bicyclic) bond motifs is 2. The average Bonchev–Trinajstić information content (AvgIpc) is 3.53. The van der Waals surface area contributed by atoms with Gasteiger partial charge in [0, 0.05) is 40.7 Å². The van der Waals surface area contributed by atoms with Crippen LogP contribution in [0.15, 0.2) is 63.4 Å². The van der Waals surface area contributed by atoms with Crippen molar-refractivity contribution >= 4 is 45.1 Å². The third-order valence-electron chi connectivity index (χ3n) is 6.28. The third kappa shape index (κ3) is 5.03. The first-order valence-electron chi connectivity index (χ1n) is 12.0. The van der Waals surface area contributed by atoms with Crippen LogP contribution < -0.4 is 15.5 Å². The number of H-pyrrole nitrogens is 1. The lowest BCUT2D eigenvalue weighted by Gasteiger charge is -2.16. The van der Waals surface area contributed by atoms with Crippen LogP contribution in [-0.4, -0.2) is 39.6 Å². The molecule has 2 aromatic carbocycles. The van der Waals surface area contributed by atoms with Gasteiger partial charge in [0.1, 0.15) is 28.6 Å². The Morgan fingerprint density at radius 2 is 2.03 bits per heavy atom. The first-order valence-corrected chi connectivity index (χ1v) is 12.9. The lowest BCUT2D eigenvalue weighted by molar-refractivity contribution is -0.142. The van der Waals surface area contributed by atoms with Crippen molar-refractivity contribution in [2.24, 2.45) is 0 Å². The first kappa shape index (κ1) is 25.2. The van der Waals surface area contributed by atoms with Crippen LogP contribution in [0.4, 0.5) is 0 Å². The number of aromatic nitrogens is 2. The number of thiazole rings is 1. The van der Waals surface area contributed by atoms with E-state index in [-0.39, 0.29) is 11.8 Å². The molecular weight excluding hydrogens is 506 g/mol. The lowest BCUT2D eigenvalue weighted by atomic mass is 10.0. The van der Waals surface area contributed by atoms with Gasteiger partial charge in [-0.05, 0) is 36.6 Å². The summed E-state index contributed by atoms with van der Waals surface area (Å²) in [5, 5.41) is 16.0. The first-order chi connectivity index (χ1) is 18.3. The Hall–Kier alpha value is -4.44. The Labute approximate surface area is 221 Å². The molecule has 3 aromatic heterocycles. The fourth-order valence-corrected chi connectivity index (χ4v) is 5.14. The number of benzene rings is 2. The lowest BCUT2D eigenvalue weighted by Crippen LogP contribution is -2.44. The van der Waals surface area contributed by atoms with Crippen molar-refractivity contribution < 1.29 is 23.8 Å². The highest BCUT2D eigenvalue weighted by Gasteiger charge is 2.23. The highest BCUT2D eigenvalue weighted by atomic mass is 32.1. The number of carboxylic acids is 1. The molecule has 3 N–H and O–H groups in total. The molecule has 0 saturated carbocycles. The molecule has 0 bridgehead atoms. The van der Waals surface area contributed by atoms with Crippen LogP contribution in [0.3, 0.4) is 0 Å². The fraction of sp³-hybridized carbons (Fsp3) is 0.214.